The summed E-state index contributed by atoms with van der Waals surface area (Å²) in [6, 6.07) is 0. The number of ketones is 2. The molecule has 1 saturated carbocycles. The smallest absolute Gasteiger partial charge is 0.142 e. The maximum absolute atomic E-state index is 11.4. The van der Waals surface area contributed by atoms with Gasteiger partial charge in [-0.15, -0.1) is 0 Å². The van der Waals surface area contributed by atoms with Gasteiger partial charge in [0.1, 0.15) is 11.6 Å². The SMILES string of the molecule is CC1CC(=O)CC(C)(C)C1=O. The lowest BCUT2D eigenvalue weighted by Crippen LogP contribution is -2.38. The number of hydrogen-bond acceptors (Lipinski definition) is 2. The van der Waals surface area contributed by atoms with Crippen molar-refractivity contribution in [3.05, 3.63) is 0 Å². The highest BCUT2D eigenvalue weighted by atomic mass is 16.1. The van der Waals surface area contributed by atoms with E-state index >= 15 is 0 Å². The maximum atomic E-state index is 11.4. The van der Waals surface area contributed by atoms with Crippen molar-refractivity contribution in [1.29, 1.82) is 0 Å². The number of carbonyl (C=O) groups is 2. The van der Waals surface area contributed by atoms with E-state index in [2.05, 4.69) is 0 Å². The Balaban J connectivity index is 2.83. The van der Waals surface area contributed by atoms with Gasteiger partial charge in [0.2, 0.25) is 0 Å². The van der Waals surface area contributed by atoms with E-state index in [-0.39, 0.29) is 17.5 Å². The summed E-state index contributed by atoms with van der Waals surface area (Å²) in [4.78, 5) is 22.5. The predicted octanol–water partition coefficient (Wildman–Crippen LogP) is 1.58. The highest BCUT2D eigenvalue weighted by molar-refractivity contribution is 5.98. The van der Waals surface area contributed by atoms with Crippen LogP contribution in [0.25, 0.3) is 0 Å². The first-order valence-electron chi connectivity index (χ1n) is 3.99. The second kappa shape index (κ2) is 2.43. The fourth-order valence-electron chi connectivity index (χ4n) is 1.75. The highest BCUT2D eigenvalue weighted by Gasteiger charge is 2.38. The highest BCUT2D eigenvalue weighted by Crippen LogP contribution is 2.32. The van der Waals surface area contributed by atoms with Crippen molar-refractivity contribution in [3.63, 3.8) is 0 Å². The third-order valence-corrected chi connectivity index (χ3v) is 2.29. The van der Waals surface area contributed by atoms with Crippen LogP contribution in [0.5, 0.6) is 0 Å². The molecule has 0 aromatic rings. The average molecular weight is 154 g/mol. The molecule has 1 unspecified atom stereocenters. The van der Waals surface area contributed by atoms with Gasteiger partial charge >= 0.3 is 0 Å². The number of hydrogen-bond donors (Lipinski definition) is 0. The van der Waals surface area contributed by atoms with Crippen molar-refractivity contribution in [1.82, 2.24) is 0 Å². The summed E-state index contributed by atoms with van der Waals surface area (Å²) in [6.07, 6.45) is 0.873. The van der Waals surface area contributed by atoms with Crippen LogP contribution in [0.3, 0.4) is 0 Å². The first-order valence-corrected chi connectivity index (χ1v) is 3.99. The summed E-state index contributed by atoms with van der Waals surface area (Å²) in [6.45, 7) is 5.53. The molecule has 1 aliphatic rings. The standard InChI is InChI=1S/C9H14O2/c1-6-4-7(10)5-9(2,3)8(6)11/h6H,4-5H2,1-3H3. The van der Waals surface area contributed by atoms with E-state index in [1.165, 1.54) is 0 Å². The van der Waals surface area contributed by atoms with Gasteiger partial charge in [0.25, 0.3) is 0 Å². The summed E-state index contributed by atoms with van der Waals surface area (Å²) in [5.74, 6) is 0.394. The monoisotopic (exact) mass is 154 g/mol. The first kappa shape index (κ1) is 8.44. The van der Waals surface area contributed by atoms with E-state index in [4.69, 9.17) is 0 Å². The molecule has 1 aliphatic carbocycles. The Morgan fingerprint density at radius 3 is 2.36 bits per heavy atom. The quantitative estimate of drug-likeness (QED) is 0.531. The van der Waals surface area contributed by atoms with Crippen molar-refractivity contribution in [3.8, 4) is 0 Å². The van der Waals surface area contributed by atoms with Gasteiger partial charge in [0.15, 0.2) is 0 Å². The number of carbonyl (C=O) groups excluding carboxylic acids is 2. The minimum atomic E-state index is -0.408. The van der Waals surface area contributed by atoms with Crippen LogP contribution in [0.2, 0.25) is 0 Å². The molecule has 0 radical (unpaired) electrons. The molecule has 1 rings (SSSR count). The largest absolute Gasteiger partial charge is 0.300 e. The topological polar surface area (TPSA) is 34.1 Å². The summed E-state index contributed by atoms with van der Waals surface area (Å²) < 4.78 is 0. The fourth-order valence-corrected chi connectivity index (χ4v) is 1.75. The van der Waals surface area contributed by atoms with E-state index in [9.17, 15) is 9.59 Å². The Morgan fingerprint density at radius 2 is 1.91 bits per heavy atom. The lowest BCUT2D eigenvalue weighted by atomic mass is 9.71. The Kier molecular flexibility index (Phi) is 1.87. The summed E-state index contributed by atoms with van der Waals surface area (Å²) >= 11 is 0. The van der Waals surface area contributed by atoms with Gasteiger partial charge in [-0.25, -0.2) is 0 Å². The van der Waals surface area contributed by atoms with Crippen molar-refractivity contribution in [2.24, 2.45) is 11.3 Å². The molecule has 0 aliphatic heterocycles. The summed E-state index contributed by atoms with van der Waals surface area (Å²) in [7, 11) is 0. The Bertz CT molecular complexity index is 204. The molecular formula is C9H14O2. The van der Waals surface area contributed by atoms with E-state index < -0.39 is 5.41 Å². The van der Waals surface area contributed by atoms with Crippen molar-refractivity contribution < 1.29 is 9.59 Å². The summed E-state index contributed by atoms with van der Waals surface area (Å²) in [5, 5.41) is 0. The van der Waals surface area contributed by atoms with E-state index in [0.717, 1.165) is 0 Å². The normalized spacial score (nSPS) is 30.6. The third kappa shape index (κ3) is 1.50. The lowest BCUT2D eigenvalue weighted by molar-refractivity contribution is -0.141. The molecule has 1 fully saturated rings. The lowest BCUT2D eigenvalue weighted by Gasteiger charge is -2.30. The van der Waals surface area contributed by atoms with Crippen LogP contribution in [0.1, 0.15) is 33.6 Å². The molecule has 2 heteroatoms. The molecule has 11 heavy (non-hydrogen) atoms. The minimum Gasteiger partial charge on any atom is -0.300 e. The third-order valence-electron chi connectivity index (χ3n) is 2.29. The van der Waals surface area contributed by atoms with Crippen LogP contribution >= 0.6 is 0 Å². The minimum absolute atomic E-state index is 0.0637. The molecule has 0 bridgehead atoms. The van der Waals surface area contributed by atoms with Gasteiger partial charge in [-0.05, 0) is 0 Å². The number of rotatable bonds is 0. The van der Waals surface area contributed by atoms with Crippen LogP contribution in [-0.4, -0.2) is 11.6 Å². The Labute approximate surface area is 67.0 Å². The van der Waals surface area contributed by atoms with E-state index in [1.54, 1.807) is 0 Å². The average Bonchev–Trinajstić information content (AvgIpc) is 1.81. The maximum Gasteiger partial charge on any atom is 0.142 e. The van der Waals surface area contributed by atoms with E-state index in [1.807, 2.05) is 20.8 Å². The second-order valence-electron chi connectivity index (χ2n) is 4.07. The van der Waals surface area contributed by atoms with Crippen molar-refractivity contribution in [2.75, 3.05) is 0 Å². The molecule has 0 aromatic heterocycles. The number of Topliss-reactive ketones (excluding diaryl/α,β-unsaturated/α-hetero) is 2. The molecule has 0 heterocycles. The zero-order valence-electron chi connectivity index (χ0n) is 7.31. The zero-order chi connectivity index (χ0) is 8.65. The zero-order valence-corrected chi connectivity index (χ0v) is 7.31. The van der Waals surface area contributed by atoms with E-state index in [0.29, 0.717) is 12.8 Å². The Hall–Kier alpha value is -0.660. The van der Waals surface area contributed by atoms with Crippen LogP contribution in [0.4, 0.5) is 0 Å². The van der Waals surface area contributed by atoms with Gasteiger partial charge < -0.3 is 0 Å². The molecule has 0 spiro atoms. The molecule has 62 valence electrons. The van der Waals surface area contributed by atoms with Gasteiger partial charge in [-0.1, -0.05) is 20.8 Å². The van der Waals surface area contributed by atoms with Gasteiger partial charge in [0.05, 0.1) is 0 Å². The van der Waals surface area contributed by atoms with Crippen molar-refractivity contribution >= 4 is 11.6 Å². The molecule has 0 amide bonds. The predicted molar refractivity (Wildman–Crippen MR) is 42.2 cm³/mol. The molecular weight excluding hydrogens is 140 g/mol. The molecule has 0 N–H and O–H groups in total. The van der Waals surface area contributed by atoms with Gasteiger partial charge in [0, 0.05) is 24.2 Å². The van der Waals surface area contributed by atoms with Crippen LogP contribution < -0.4 is 0 Å². The van der Waals surface area contributed by atoms with Gasteiger partial charge in [-0.3, -0.25) is 9.59 Å². The van der Waals surface area contributed by atoms with Crippen LogP contribution in [-0.2, 0) is 9.59 Å². The Morgan fingerprint density at radius 1 is 1.36 bits per heavy atom. The first-order chi connectivity index (χ1) is 4.93. The fraction of sp³-hybridized carbons (Fsp3) is 0.778. The van der Waals surface area contributed by atoms with Crippen LogP contribution in [0.15, 0.2) is 0 Å². The molecule has 1 atom stereocenters. The molecule has 0 aromatic carbocycles. The molecule has 0 saturated heterocycles. The summed E-state index contributed by atoms with van der Waals surface area (Å²) in [5.41, 5.74) is -0.408. The van der Waals surface area contributed by atoms with Crippen molar-refractivity contribution in [2.45, 2.75) is 33.6 Å². The molecule has 2 nitrogen and oxygen atoms in total. The van der Waals surface area contributed by atoms with Crippen LogP contribution in [0, 0.1) is 11.3 Å². The second-order valence-corrected chi connectivity index (χ2v) is 4.07. The van der Waals surface area contributed by atoms with Gasteiger partial charge in [-0.2, -0.15) is 0 Å².